The molecule has 0 unspecified atom stereocenters. The fraction of sp³-hybridized carbons (Fsp3) is 0.154. The Labute approximate surface area is 220 Å². The third kappa shape index (κ3) is 6.96. The highest BCUT2D eigenvalue weighted by Gasteiger charge is 2.30. The van der Waals surface area contributed by atoms with Gasteiger partial charge in [-0.3, -0.25) is 4.79 Å². The number of aromatic nitrogens is 4. The van der Waals surface area contributed by atoms with Crippen LogP contribution in [0.3, 0.4) is 0 Å². The van der Waals surface area contributed by atoms with E-state index in [0.29, 0.717) is 30.1 Å². The van der Waals surface area contributed by atoms with E-state index in [1.165, 1.54) is 30.5 Å². The van der Waals surface area contributed by atoms with Crippen LogP contribution in [0.2, 0.25) is 0 Å². The molecule has 3 N–H and O–H groups in total. The van der Waals surface area contributed by atoms with E-state index in [-0.39, 0.29) is 23.1 Å². The minimum absolute atomic E-state index is 0.0430. The van der Waals surface area contributed by atoms with Gasteiger partial charge in [-0.2, -0.15) is 18.2 Å². The molecule has 0 spiro atoms. The number of ether oxygens (including phenoxy) is 1. The molecule has 202 valence electrons. The Morgan fingerprint density at radius 1 is 1.13 bits per heavy atom. The smallest absolute Gasteiger partial charge is 0.383 e. The van der Waals surface area contributed by atoms with Crippen molar-refractivity contribution in [2.24, 2.45) is 0 Å². The van der Waals surface area contributed by atoms with Crippen LogP contribution in [0.25, 0.3) is 11.1 Å². The topological polar surface area (TPSA) is 106 Å². The lowest BCUT2D eigenvalue weighted by atomic mass is 10.1. The lowest BCUT2D eigenvalue weighted by Crippen LogP contribution is -2.08. The zero-order valence-electron chi connectivity index (χ0n) is 20.6. The number of imidazole rings is 1. The molecule has 0 fully saturated rings. The van der Waals surface area contributed by atoms with E-state index in [0.717, 1.165) is 24.3 Å². The summed E-state index contributed by atoms with van der Waals surface area (Å²) in [6, 6.07) is 8.27. The summed E-state index contributed by atoms with van der Waals surface area (Å²) in [6.45, 7) is 4.44. The molecule has 9 nitrogen and oxygen atoms in total. The molecule has 4 aromatic rings. The lowest BCUT2D eigenvalue weighted by Gasteiger charge is -2.15. The predicted octanol–water partition coefficient (Wildman–Crippen LogP) is 5.76. The average molecular weight is 542 g/mol. The van der Waals surface area contributed by atoms with Gasteiger partial charge in [-0.15, -0.1) is 0 Å². The van der Waals surface area contributed by atoms with Crippen molar-refractivity contribution in [3.8, 4) is 11.1 Å². The van der Waals surface area contributed by atoms with Gasteiger partial charge in [0, 0.05) is 37.3 Å². The summed E-state index contributed by atoms with van der Waals surface area (Å²) < 4.78 is 60.8. The van der Waals surface area contributed by atoms with Crippen molar-refractivity contribution in [1.29, 1.82) is 0 Å². The minimum Gasteiger partial charge on any atom is -0.383 e. The van der Waals surface area contributed by atoms with Gasteiger partial charge in [0.2, 0.25) is 11.9 Å². The molecular formula is C26H23F4N7O2. The van der Waals surface area contributed by atoms with E-state index in [1.54, 1.807) is 24.2 Å². The molecule has 2 heterocycles. The number of carbonyl (C=O) groups is 1. The highest BCUT2D eigenvalue weighted by Crippen LogP contribution is 2.34. The number of methoxy groups -OCH3 is 1. The Kier molecular flexibility index (Phi) is 8.20. The molecule has 0 bridgehead atoms. The van der Waals surface area contributed by atoms with Crippen molar-refractivity contribution in [2.75, 3.05) is 29.7 Å². The Morgan fingerprint density at radius 2 is 1.90 bits per heavy atom. The molecule has 2 aromatic carbocycles. The number of rotatable bonds is 10. The highest BCUT2D eigenvalue weighted by molar-refractivity contribution is 5.99. The van der Waals surface area contributed by atoms with Crippen LogP contribution >= 0.6 is 0 Å². The fourth-order valence-electron chi connectivity index (χ4n) is 3.47. The van der Waals surface area contributed by atoms with E-state index in [2.05, 4.69) is 37.5 Å². The number of hydrogen-bond donors (Lipinski definition) is 3. The maximum atomic E-state index is 14.7. The Bertz CT molecular complexity index is 1470. The van der Waals surface area contributed by atoms with Crippen LogP contribution in [-0.2, 0) is 22.3 Å². The molecule has 0 saturated carbocycles. The van der Waals surface area contributed by atoms with Crippen molar-refractivity contribution < 1.29 is 27.1 Å². The largest absolute Gasteiger partial charge is 0.416 e. The normalized spacial score (nSPS) is 11.2. The maximum Gasteiger partial charge on any atom is 0.416 e. The molecule has 0 aliphatic heterocycles. The highest BCUT2D eigenvalue weighted by atomic mass is 19.4. The minimum atomic E-state index is -4.50. The van der Waals surface area contributed by atoms with Gasteiger partial charge < -0.3 is 25.3 Å². The SMILES string of the molecule is C=CC(=O)Nc1ccc(F)c(Nc2nc(Nc3cn(CCOC)cn3)ncc2-c2ccc(C(F)(F)F)cc2)c1. The summed E-state index contributed by atoms with van der Waals surface area (Å²) in [5.41, 5.74) is 0.0883. The van der Waals surface area contributed by atoms with Crippen molar-refractivity contribution in [3.05, 3.63) is 85.2 Å². The van der Waals surface area contributed by atoms with Crippen LogP contribution < -0.4 is 16.0 Å². The maximum absolute atomic E-state index is 14.7. The van der Waals surface area contributed by atoms with Gasteiger partial charge in [0.25, 0.3) is 0 Å². The summed E-state index contributed by atoms with van der Waals surface area (Å²) in [7, 11) is 1.59. The zero-order chi connectivity index (χ0) is 28.0. The number of benzene rings is 2. The van der Waals surface area contributed by atoms with Gasteiger partial charge in [-0.25, -0.2) is 14.4 Å². The summed E-state index contributed by atoms with van der Waals surface area (Å²) in [5.74, 6) is -0.523. The summed E-state index contributed by atoms with van der Waals surface area (Å²) in [6.07, 6.45) is 1.26. The first-order valence-electron chi connectivity index (χ1n) is 11.5. The fourth-order valence-corrected chi connectivity index (χ4v) is 3.47. The Hall–Kier alpha value is -4.78. The molecule has 0 saturated heterocycles. The molecule has 39 heavy (non-hydrogen) atoms. The Morgan fingerprint density at radius 3 is 2.59 bits per heavy atom. The molecule has 13 heteroatoms. The van der Waals surface area contributed by atoms with Gasteiger partial charge in [-0.05, 0) is 42.0 Å². The second-order valence-electron chi connectivity index (χ2n) is 8.16. The molecular weight excluding hydrogens is 518 g/mol. The summed E-state index contributed by atoms with van der Waals surface area (Å²) in [5, 5.41) is 8.35. The van der Waals surface area contributed by atoms with Crippen molar-refractivity contribution >= 4 is 34.9 Å². The molecule has 0 aliphatic carbocycles. The Balaban J connectivity index is 1.70. The number of alkyl halides is 3. The van der Waals surface area contributed by atoms with Gasteiger partial charge in [0.05, 0.1) is 24.2 Å². The summed E-state index contributed by atoms with van der Waals surface area (Å²) in [4.78, 5) is 24.6. The van der Waals surface area contributed by atoms with E-state index in [1.807, 2.05) is 0 Å². The van der Waals surface area contributed by atoms with Crippen molar-refractivity contribution in [2.45, 2.75) is 12.7 Å². The number of amides is 1. The molecule has 0 atom stereocenters. The predicted molar refractivity (Wildman–Crippen MR) is 138 cm³/mol. The average Bonchev–Trinajstić information content (AvgIpc) is 3.36. The number of nitrogens with one attached hydrogen (secondary N) is 3. The van der Waals surface area contributed by atoms with E-state index in [4.69, 9.17) is 4.74 Å². The van der Waals surface area contributed by atoms with Crippen LogP contribution in [0.15, 0.2) is 73.8 Å². The molecule has 0 radical (unpaired) electrons. The third-order valence-corrected chi connectivity index (χ3v) is 5.41. The van der Waals surface area contributed by atoms with E-state index in [9.17, 15) is 22.4 Å². The number of carbonyl (C=O) groups excluding carboxylic acids is 1. The van der Waals surface area contributed by atoms with Crippen LogP contribution in [0.5, 0.6) is 0 Å². The number of halogens is 4. The quantitative estimate of drug-likeness (QED) is 0.173. The first kappa shape index (κ1) is 27.3. The van der Waals surface area contributed by atoms with E-state index >= 15 is 0 Å². The number of anilines is 5. The van der Waals surface area contributed by atoms with Gasteiger partial charge >= 0.3 is 6.18 Å². The zero-order valence-corrected chi connectivity index (χ0v) is 20.6. The van der Waals surface area contributed by atoms with Crippen molar-refractivity contribution in [1.82, 2.24) is 19.5 Å². The molecule has 1 amide bonds. The number of nitrogens with zero attached hydrogens (tertiary/aromatic N) is 4. The first-order valence-corrected chi connectivity index (χ1v) is 11.5. The number of hydrogen-bond acceptors (Lipinski definition) is 7. The standard InChI is InChI=1S/C26H23F4N7O2/c1-3-23(38)33-18-8-9-20(27)21(12-18)34-24-19(16-4-6-17(7-5-16)26(28,29)30)13-31-25(36-24)35-22-14-37(15-32-22)10-11-39-2/h3-9,12-15H,1,10-11H2,2H3,(H,33,38)(H2,31,34,35,36). The van der Waals surface area contributed by atoms with Crippen LogP contribution in [0, 0.1) is 5.82 Å². The van der Waals surface area contributed by atoms with Crippen LogP contribution in [-0.4, -0.2) is 39.1 Å². The van der Waals surface area contributed by atoms with Gasteiger partial charge in [0.15, 0.2) is 5.82 Å². The van der Waals surface area contributed by atoms with Crippen LogP contribution in [0.1, 0.15) is 5.56 Å². The third-order valence-electron chi connectivity index (χ3n) is 5.41. The lowest BCUT2D eigenvalue weighted by molar-refractivity contribution is -0.137. The first-order chi connectivity index (χ1) is 18.7. The van der Waals surface area contributed by atoms with Gasteiger partial charge in [-0.1, -0.05) is 18.7 Å². The van der Waals surface area contributed by atoms with E-state index < -0.39 is 23.5 Å². The molecule has 2 aromatic heterocycles. The molecule has 0 aliphatic rings. The monoisotopic (exact) mass is 541 g/mol. The summed E-state index contributed by atoms with van der Waals surface area (Å²) >= 11 is 0. The van der Waals surface area contributed by atoms with Crippen molar-refractivity contribution in [3.63, 3.8) is 0 Å². The van der Waals surface area contributed by atoms with Gasteiger partial charge in [0.1, 0.15) is 11.6 Å². The second kappa shape index (κ2) is 11.7. The molecule has 4 rings (SSSR count). The second-order valence-corrected chi connectivity index (χ2v) is 8.16. The van der Waals surface area contributed by atoms with Crippen LogP contribution in [0.4, 0.5) is 46.5 Å².